The fraction of sp³-hybridized carbons (Fsp3) is 0.222. The van der Waals surface area contributed by atoms with Gasteiger partial charge in [0, 0.05) is 30.9 Å². The van der Waals surface area contributed by atoms with Crippen LogP contribution in [-0.4, -0.2) is 28.2 Å². The van der Waals surface area contributed by atoms with E-state index in [9.17, 15) is 5.11 Å². The molecular weight excluding hydrogens is 274 g/mol. The molecule has 3 aromatic rings. The second-order valence-corrected chi connectivity index (χ2v) is 5.20. The summed E-state index contributed by atoms with van der Waals surface area (Å²) in [5, 5.41) is 10.9. The van der Waals surface area contributed by atoms with Crippen molar-refractivity contribution in [3.05, 3.63) is 60.4 Å². The van der Waals surface area contributed by atoms with E-state index >= 15 is 0 Å². The molecule has 0 radical (unpaired) electrons. The third-order valence-electron chi connectivity index (χ3n) is 3.81. The quantitative estimate of drug-likeness (QED) is 0.783. The molecular formula is C18H19N3O. The van der Waals surface area contributed by atoms with E-state index in [0.29, 0.717) is 5.52 Å². The average Bonchev–Trinajstić information content (AvgIpc) is 2.57. The summed E-state index contributed by atoms with van der Waals surface area (Å²) in [6.07, 6.45) is 4.58. The van der Waals surface area contributed by atoms with Gasteiger partial charge in [-0.25, -0.2) is 4.98 Å². The van der Waals surface area contributed by atoms with Gasteiger partial charge in [-0.1, -0.05) is 12.1 Å². The molecule has 0 saturated carbocycles. The Bertz CT molecular complexity index is 759. The zero-order valence-corrected chi connectivity index (χ0v) is 12.6. The van der Waals surface area contributed by atoms with Gasteiger partial charge >= 0.3 is 0 Å². The molecule has 0 amide bonds. The molecule has 1 aromatic carbocycles. The van der Waals surface area contributed by atoms with Gasteiger partial charge in [-0.05, 0) is 49.2 Å². The summed E-state index contributed by atoms with van der Waals surface area (Å²) < 4.78 is 0. The Hall–Kier alpha value is -2.62. The first-order valence-electron chi connectivity index (χ1n) is 7.50. The summed E-state index contributed by atoms with van der Waals surface area (Å²) in [4.78, 5) is 10.9. The summed E-state index contributed by atoms with van der Waals surface area (Å²) >= 11 is 0. The lowest BCUT2D eigenvalue weighted by molar-refractivity contribution is 0.480. The van der Waals surface area contributed by atoms with Gasteiger partial charge in [0.25, 0.3) is 0 Å². The molecule has 0 unspecified atom stereocenters. The van der Waals surface area contributed by atoms with Crippen LogP contribution in [0.3, 0.4) is 0 Å². The summed E-state index contributed by atoms with van der Waals surface area (Å²) in [7, 11) is 0. The topological polar surface area (TPSA) is 49.2 Å². The van der Waals surface area contributed by atoms with Gasteiger partial charge in [-0.3, -0.25) is 4.98 Å². The first kappa shape index (κ1) is 14.3. The van der Waals surface area contributed by atoms with Crippen LogP contribution in [0.5, 0.6) is 5.75 Å². The second-order valence-electron chi connectivity index (χ2n) is 5.20. The Morgan fingerprint density at radius 3 is 2.64 bits per heavy atom. The van der Waals surface area contributed by atoms with Gasteiger partial charge in [0.05, 0.1) is 0 Å². The highest BCUT2D eigenvalue weighted by atomic mass is 16.3. The molecule has 4 nitrogen and oxygen atoms in total. The number of nitrogens with zero attached hydrogens (tertiary/aromatic N) is 3. The molecule has 0 atom stereocenters. The number of aromatic nitrogens is 2. The van der Waals surface area contributed by atoms with Crippen molar-refractivity contribution in [2.45, 2.75) is 13.3 Å². The van der Waals surface area contributed by atoms with Gasteiger partial charge in [-0.2, -0.15) is 0 Å². The molecule has 4 heteroatoms. The number of phenolic OH excluding ortho intramolecular Hbond substituents is 1. The zero-order valence-electron chi connectivity index (χ0n) is 12.6. The first-order chi connectivity index (χ1) is 10.8. The first-order valence-corrected chi connectivity index (χ1v) is 7.50. The highest BCUT2D eigenvalue weighted by Gasteiger charge is 2.09. The number of likely N-dealkylation sites (N-methyl/N-ethyl adjacent to an activating group) is 1. The lowest BCUT2D eigenvalue weighted by Gasteiger charge is -2.22. The minimum Gasteiger partial charge on any atom is -0.506 e. The van der Waals surface area contributed by atoms with Gasteiger partial charge in [0.1, 0.15) is 17.1 Å². The summed E-state index contributed by atoms with van der Waals surface area (Å²) in [5.41, 5.74) is 1.92. The molecule has 112 valence electrons. The minimum atomic E-state index is 0.226. The maximum atomic E-state index is 9.97. The van der Waals surface area contributed by atoms with Gasteiger partial charge in [0.2, 0.25) is 0 Å². The minimum absolute atomic E-state index is 0.226. The lowest BCUT2D eigenvalue weighted by Crippen LogP contribution is -2.26. The molecule has 0 aliphatic rings. The van der Waals surface area contributed by atoms with Gasteiger partial charge in [0.15, 0.2) is 0 Å². The van der Waals surface area contributed by atoms with E-state index in [1.807, 2.05) is 48.8 Å². The Kier molecular flexibility index (Phi) is 4.19. The Balaban J connectivity index is 1.82. The molecule has 0 fully saturated rings. The van der Waals surface area contributed by atoms with Crippen LogP contribution in [0.25, 0.3) is 10.9 Å². The van der Waals surface area contributed by atoms with Crippen molar-refractivity contribution in [2.75, 3.05) is 18.0 Å². The molecule has 0 aliphatic carbocycles. The molecule has 2 aromatic heterocycles. The number of rotatable bonds is 5. The SMILES string of the molecule is CCN(CCc1ccncc1)c1ccc2cccc(O)c2n1. The maximum absolute atomic E-state index is 9.97. The largest absolute Gasteiger partial charge is 0.506 e. The molecule has 0 aliphatic heterocycles. The third-order valence-corrected chi connectivity index (χ3v) is 3.81. The predicted molar refractivity (Wildman–Crippen MR) is 89.2 cm³/mol. The zero-order chi connectivity index (χ0) is 15.4. The van der Waals surface area contributed by atoms with E-state index in [1.165, 1.54) is 5.56 Å². The molecule has 1 N–H and O–H groups in total. The Morgan fingerprint density at radius 1 is 1.05 bits per heavy atom. The van der Waals surface area contributed by atoms with Crippen molar-refractivity contribution in [3.63, 3.8) is 0 Å². The summed E-state index contributed by atoms with van der Waals surface area (Å²) in [5.74, 6) is 1.12. The number of benzene rings is 1. The smallest absolute Gasteiger partial charge is 0.141 e. The fourth-order valence-electron chi connectivity index (χ4n) is 2.55. The van der Waals surface area contributed by atoms with Crippen molar-refractivity contribution in [2.24, 2.45) is 0 Å². The predicted octanol–water partition coefficient (Wildman–Crippen LogP) is 3.40. The Morgan fingerprint density at radius 2 is 1.86 bits per heavy atom. The number of aromatic hydroxyl groups is 1. The molecule has 22 heavy (non-hydrogen) atoms. The van der Waals surface area contributed by atoms with Gasteiger partial charge in [-0.15, -0.1) is 0 Å². The molecule has 0 bridgehead atoms. The van der Waals surface area contributed by atoms with E-state index < -0.39 is 0 Å². The fourth-order valence-corrected chi connectivity index (χ4v) is 2.55. The summed E-state index contributed by atoms with van der Waals surface area (Å²) in [6, 6.07) is 13.6. The monoisotopic (exact) mass is 293 g/mol. The van der Waals surface area contributed by atoms with E-state index in [-0.39, 0.29) is 5.75 Å². The number of pyridine rings is 2. The van der Waals surface area contributed by atoms with Crippen molar-refractivity contribution < 1.29 is 5.11 Å². The van der Waals surface area contributed by atoms with Crippen LogP contribution in [-0.2, 0) is 6.42 Å². The van der Waals surface area contributed by atoms with E-state index in [4.69, 9.17) is 0 Å². The number of phenols is 1. The van der Waals surface area contributed by atoms with E-state index in [2.05, 4.69) is 21.8 Å². The van der Waals surface area contributed by atoms with Crippen LogP contribution in [0.1, 0.15) is 12.5 Å². The molecule has 3 rings (SSSR count). The van der Waals surface area contributed by atoms with Crippen LogP contribution < -0.4 is 4.90 Å². The number of fused-ring (bicyclic) bond motifs is 1. The van der Waals surface area contributed by atoms with Gasteiger partial charge < -0.3 is 10.0 Å². The molecule has 0 saturated heterocycles. The van der Waals surface area contributed by atoms with Crippen molar-refractivity contribution in [1.82, 2.24) is 9.97 Å². The highest BCUT2D eigenvalue weighted by molar-refractivity contribution is 5.85. The van der Waals surface area contributed by atoms with E-state index in [0.717, 1.165) is 30.7 Å². The molecule has 2 heterocycles. The third kappa shape index (κ3) is 3.01. The highest BCUT2D eigenvalue weighted by Crippen LogP contribution is 2.25. The van der Waals surface area contributed by atoms with E-state index in [1.54, 1.807) is 6.07 Å². The van der Waals surface area contributed by atoms with Crippen molar-refractivity contribution in [3.8, 4) is 5.75 Å². The second kappa shape index (κ2) is 6.43. The number of anilines is 1. The summed E-state index contributed by atoms with van der Waals surface area (Å²) in [6.45, 7) is 3.87. The van der Waals surface area contributed by atoms with Crippen LogP contribution in [0, 0.1) is 0 Å². The number of hydrogen-bond donors (Lipinski definition) is 1. The van der Waals surface area contributed by atoms with Crippen LogP contribution in [0.4, 0.5) is 5.82 Å². The van der Waals surface area contributed by atoms with Crippen molar-refractivity contribution >= 4 is 16.7 Å². The molecule has 0 spiro atoms. The number of para-hydroxylation sites is 1. The van der Waals surface area contributed by atoms with Crippen LogP contribution in [0.2, 0.25) is 0 Å². The van der Waals surface area contributed by atoms with Crippen molar-refractivity contribution in [1.29, 1.82) is 0 Å². The average molecular weight is 293 g/mol. The maximum Gasteiger partial charge on any atom is 0.141 e. The standard InChI is InChI=1S/C18H19N3O/c1-2-21(13-10-14-8-11-19-12-9-14)17-7-6-15-4-3-5-16(22)18(15)20-17/h3-9,11-12,22H,2,10,13H2,1H3. The normalized spacial score (nSPS) is 10.8. The number of hydrogen-bond acceptors (Lipinski definition) is 4. The lowest BCUT2D eigenvalue weighted by atomic mass is 10.2. The van der Waals surface area contributed by atoms with Crippen LogP contribution in [0.15, 0.2) is 54.9 Å². The Labute approximate surface area is 130 Å². The van der Waals surface area contributed by atoms with Crippen LogP contribution >= 0.6 is 0 Å².